The normalized spacial score (nSPS) is 18.9. The highest BCUT2D eigenvalue weighted by molar-refractivity contribution is 8.00. The molecule has 1 aliphatic carbocycles. The molecular formula is C13H21N3S. The van der Waals surface area contributed by atoms with Gasteiger partial charge in [0.1, 0.15) is 12.1 Å². The van der Waals surface area contributed by atoms with Gasteiger partial charge in [0.15, 0.2) is 0 Å². The summed E-state index contributed by atoms with van der Waals surface area (Å²) in [5, 5.41) is 3.48. The van der Waals surface area contributed by atoms with Gasteiger partial charge in [-0.25, -0.2) is 9.97 Å². The van der Waals surface area contributed by atoms with Gasteiger partial charge >= 0.3 is 0 Å². The standard InChI is InChI=1S/C13H21N3S/c1-11-8-12(16-10-15-11)14-9-13(17-2)6-4-3-5-7-13/h8,10H,3-7,9H2,1-2H3,(H,14,15,16). The van der Waals surface area contributed by atoms with Gasteiger partial charge in [0.05, 0.1) is 0 Å². The predicted molar refractivity (Wildman–Crippen MR) is 74.6 cm³/mol. The molecule has 4 heteroatoms. The average molecular weight is 251 g/mol. The first-order chi connectivity index (χ1) is 8.24. The van der Waals surface area contributed by atoms with Crippen molar-refractivity contribution in [1.82, 2.24) is 9.97 Å². The summed E-state index contributed by atoms with van der Waals surface area (Å²) in [5.41, 5.74) is 1.02. The van der Waals surface area contributed by atoms with Crippen molar-refractivity contribution in [2.24, 2.45) is 0 Å². The van der Waals surface area contributed by atoms with E-state index in [2.05, 4.69) is 21.5 Å². The molecule has 1 aliphatic rings. The number of hydrogen-bond donors (Lipinski definition) is 1. The van der Waals surface area contributed by atoms with Gasteiger partial charge in [-0.1, -0.05) is 19.3 Å². The molecule has 0 unspecified atom stereocenters. The van der Waals surface area contributed by atoms with Crippen LogP contribution in [0.2, 0.25) is 0 Å². The molecule has 17 heavy (non-hydrogen) atoms. The van der Waals surface area contributed by atoms with Crippen LogP contribution in [0.4, 0.5) is 5.82 Å². The molecule has 1 heterocycles. The third-order valence-corrected chi connectivity index (χ3v) is 5.01. The first-order valence-corrected chi connectivity index (χ1v) is 7.54. The highest BCUT2D eigenvalue weighted by Crippen LogP contribution is 2.38. The molecule has 94 valence electrons. The van der Waals surface area contributed by atoms with Gasteiger partial charge in [-0.2, -0.15) is 11.8 Å². The number of anilines is 1. The lowest BCUT2D eigenvalue weighted by atomic mass is 9.88. The summed E-state index contributed by atoms with van der Waals surface area (Å²) in [7, 11) is 0. The van der Waals surface area contributed by atoms with Gasteiger partial charge in [-0.3, -0.25) is 0 Å². The van der Waals surface area contributed by atoms with Gasteiger partial charge in [-0.15, -0.1) is 0 Å². The summed E-state index contributed by atoms with van der Waals surface area (Å²) in [4.78, 5) is 8.37. The number of hydrogen-bond acceptors (Lipinski definition) is 4. The fourth-order valence-electron chi connectivity index (χ4n) is 2.45. The zero-order chi connectivity index (χ0) is 12.1. The van der Waals surface area contributed by atoms with Gasteiger partial charge in [0.2, 0.25) is 0 Å². The summed E-state index contributed by atoms with van der Waals surface area (Å²) < 4.78 is 0.414. The number of nitrogens with one attached hydrogen (secondary N) is 1. The summed E-state index contributed by atoms with van der Waals surface area (Å²) >= 11 is 2.01. The summed E-state index contributed by atoms with van der Waals surface area (Å²) in [6.45, 7) is 3.02. The Kier molecular flexibility index (Phi) is 4.26. The molecule has 2 rings (SSSR count). The highest BCUT2D eigenvalue weighted by Gasteiger charge is 2.30. The van der Waals surface area contributed by atoms with Crippen LogP contribution in [0.3, 0.4) is 0 Å². The van der Waals surface area contributed by atoms with Crippen molar-refractivity contribution in [1.29, 1.82) is 0 Å². The molecule has 0 bridgehead atoms. The average Bonchev–Trinajstić information content (AvgIpc) is 2.38. The van der Waals surface area contributed by atoms with Crippen molar-refractivity contribution < 1.29 is 0 Å². The largest absolute Gasteiger partial charge is 0.369 e. The third kappa shape index (κ3) is 3.35. The molecule has 1 aromatic heterocycles. The second-order valence-corrected chi connectivity index (χ2v) is 6.12. The number of nitrogens with zero attached hydrogens (tertiary/aromatic N) is 2. The first-order valence-electron chi connectivity index (χ1n) is 6.32. The Morgan fingerprint density at radius 3 is 2.71 bits per heavy atom. The second-order valence-electron chi connectivity index (χ2n) is 4.85. The van der Waals surface area contributed by atoms with Crippen LogP contribution >= 0.6 is 11.8 Å². The molecule has 0 amide bonds. The quantitative estimate of drug-likeness (QED) is 0.891. The molecule has 1 fully saturated rings. The summed E-state index contributed by atoms with van der Waals surface area (Å²) in [6, 6.07) is 2.01. The minimum absolute atomic E-state index is 0.414. The van der Waals surface area contributed by atoms with E-state index >= 15 is 0 Å². The van der Waals surface area contributed by atoms with Crippen LogP contribution in [0, 0.1) is 6.92 Å². The molecule has 1 saturated carbocycles. The van der Waals surface area contributed by atoms with E-state index in [1.807, 2.05) is 24.8 Å². The molecule has 0 spiro atoms. The molecule has 0 saturated heterocycles. The molecule has 0 aromatic carbocycles. The van der Waals surface area contributed by atoms with Crippen molar-refractivity contribution in [2.75, 3.05) is 18.1 Å². The molecular weight excluding hydrogens is 230 g/mol. The van der Waals surface area contributed by atoms with Crippen LogP contribution in [-0.2, 0) is 0 Å². The maximum atomic E-state index is 4.26. The van der Waals surface area contributed by atoms with Crippen LogP contribution in [0.25, 0.3) is 0 Å². The highest BCUT2D eigenvalue weighted by atomic mass is 32.2. The number of aromatic nitrogens is 2. The van der Waals surface area contributed by atoms with E-state index in [1.165, 1.54) is 32.1 Å². The molecule has 3 nitrogen and oxygen atoms in total. The van der Waals surface area contributed by atoms with Crippen molar-refractivity contribution in [2.45, 2.75) is 43.8 Å². The Morgan fingerprint density at radius 1 is 1.29 bits per heavy atom. The summed E-state index contributed by atoms with van der Waals surface area (Å²) in [6.07, 6.45) is 10.6. The van der Waals surface area contributed by atoms with Crippen LogP contribution in [-0.4, -0.2) is 27.5 Å². The van der Waals surface area contributed by atoms with E-state index in [9.17, 15) is 0 Å². The van der Waals surface area contributed by atoms with E-state index < -0.39 is 0 Å². The Labute approximate surface area is 108 Å². The maximum Gasteiger partial charge on any atom is 0.129 e. The van der Waals surface area contributed by atoms with Crippen LogP contribution < -0.4 is 5.32 Å². The van der Waals surface area contributed by atoms with Gasteiger partial charge in [-0.05, 0) is 26.0 Å². The molecule has 0 aliphatic heterocycles. The second kappa shape index (κ2) is 5.71. The topological polar surface area (TPSA) is 37.8 Å². The summed E-state index contributed by atoms with van der Waals surface area (Å²) in [5.74, 6) is 0.955. The number of aryl methyl sites for hydroxylation is 1. The number of thioether (sulfide) groups is 1. The minimum Gasteiger partial charge on any atom is -0.369 e. The van der Waals surface area contributed by atoms with Crippen LogP contribution in [0.1, 0.15) is 37.8 Å². The van der Waals surface area contributed by atoms with Gasteiger partial charge in [0.25, 0.3) is 0 Å². The fraction of sp³-hybridized carbons (Fsp3) is 0.692. The van der Waals surface area contributed by atoms with E-state index in [1.54, 1.807) is 6.33 Å². The van der Waals surface area contributed by atoms with E-state index in [4.69, 9.17) is 0 Å². The lowest BCUT2D eigenvalue weighted by Gasteiger charge is -2.36. The molecule has 0 atom stereocenters. The van der Waals surface area contributed by atoms with E-state index in [0.29, 0.717) is 4.75 Å². The Hall–Kier alpha value is -0.770. The Morgan fingerprint density at radius 2 is 2.06 bits per heavy atom. The van der Waals surface area contributed by atoms with Crippen molar-refractivity contribution in [3.63, 3.8) is 0 Å². The zero-order valence-corrected chi connectivity index (χ0v) is 11.5. The third-order valence-electron chi connectivity index (χ3n) is 3.59. The predicted octanol–water partition coefficient (Wildman–Crippen LogP) is 3.26. The SMILES string of the molecule is CSC1(CNc2cc(C)ncn2)CCCCC1. The molecule has 0 radical (unpaired) electrons. The maximum absolute atomic E-state index is 4.26. The minimum atomic E-state index is 0.414. The van der Waals surface area contributed by atoms with Crippen molar-refractivity contribution in [3.8, 4) is 0 Å². The lowest BCUT2D eigenvalue weighted by Crippen LogP contribution is -2.35. The van der Waals surface area contributed by atoms with Gasteiger partial charge < -0.3 is 5.32 Å². The molecule has 1 N–H and O–H groups in total. The fourth-order valence-corrected chi connectivity index (χ4v) is 3.37. The van der Waals surface area contributed by atoms with Crippen LogP contribution in [0.5, 0.6) is 0 Å². The molecule has 1 aromatic rings. The van der Waals surface area contributed by atoms with Crippen molar-refractivity contribution in [3.05, 3.63) is 18.1 Å². The van der Waals surface area contributed by atoms with Gasteiger partial charge in [0, 0.05) is 23.1 Å². The smallest absolute Gasteiger partial charge is 0.129 e. The van der Waals surface area contributed by atoms with Crippen LogP contribution in [0.15, 0.2) is 12.4 Å². The monoisotopic (exact) mass is 251 g/mol. The lowest BCUT2D eigenvalue weighted by molar-refractivity contribution is 0.411. The Balaban J connectivity index is 1.95. The zero-order valence-electron chi connectivity index (χ0n) is 10.7. The number of rotatable bonds is 4. The van der Waals surface area contributed by atoms with E-state index in [0.717, 1.165) is 18.1 Å². The Bertz CT molecular complexity index is 361. The van der Waals surface area contributed by atoms with E-state index in [-0.39, 0.29) is 0 Å². The van der Waals surface area contributed by atoms with Crippen molar-refractivity contribution >= 4 is 17.6 Å². The first kappa shape index (κ1) is 12.7.